The van der Waals surface area contributed by atoms with Crippen LogP contribution in [-0.2, 0) is 0 Å². The molecule has 0 aromatic rings. The maximum absolute atomic E-state index is 11.5. The molecule has 10 heavy (non-hydrogen) atoms. The molecule has 0 saturated carbocycles. The molecule has 0 amide bonds. The van der Waals surface area contributed by atoms with E-state index >= 15 is 0 Å². The fourth-order valence-corrected chi connectivity index (χ4v) is 0.474. The van der Waals surface area contributed by atoms with Gasteiger partial charge in [0.2, 0.25) is 0 Å². The van der Waals surface area contributed by atoms with E-state index in [9.17, 15) is 13.2 Å². The number of hydrogen-bond donors (Lipinski definition) is 1. The van der Waals surface area contributed by atoms with Crippen molar-refractivity contribution in [3.63, 3.8) is 0 Å². The molecular weight excluding hydrogens is 145 g/mol. The molecule has 1 radical (unpaired) electrons. The normalized spacial score (nSPS) is 15.9. The maximum Gasteiger partial charge on any atom is 0.414 e. The van der Waals surface area contributed by atoms with Crippen LogP contribution in [0.25, 0.3) is 0 Å². The smallest absolute Gasteiger partial charge is 0.383 e. The number of halogens is 3. The first-order chi connectivity index (χ1) is 4.34. The Kier molecular flexibility index (Phi) is 3.15. The first kappa shape index (κ1) is 9.75. The van der Waals surface area contributed by atoms with Gasteiger partial charge in [-0.3, -0.25) is 0 Å². The molecule has 0 fully saturated rings. The van der Waals surface area contributed by atoms with Gasteiger partial charge in [-0.2, -0.15) is 13.2 Å². The molecule has 0 rings (SSSR count). The predicted molar refractivity (Wildman–Crippen MR) is 31.2 cm³/mol. The van der Waals surface area contributed by atoms with E-state index in [0.29, 0.717) is 0 Å². The predicted octanol–water partition coefficient (Wildman–Crippen LogP) is 1.77. The summed E-state index contributed by atoms with van der Waals surface area (Å²) in [5.74, 6) is -0.253. The summed E-state index contributed by atoms with van der Waals surface area (Å²) >= 11 is 0. The van der Waals surface area contributed by atoms with Gasteiger partial charge in [0, 0.05) is 6.42 Å². The van der Waals surface area contributed by atoms with Crippen LogP contribution >= 0.6 is 0 Å². The second-order valence-electron chi connectivity index (χ2n) is 2.42. The molecule has 0 spiro atoms. The first-order valence-corrected chi connectivity index (χ1v) is 2.94. The van der Waals surface area contributed by atoms with Gasteiger partial charge in [0.25, 0.3) is 0 Å². The topological polar surface area (TPSA) is 20.2 Å². The summed E-state index contributed by atoms with van der Waals surface area (Å²) in [5, 5.41) is 8.38. The lowest BCUT2D eigenvalue weighted by Gasteiger charge is -2.15. The van der Waals surface area contributed by atoms with Crippen molar-refractivity contribution in [2.24, 2.45) is 5.92 Å². The number of rotatable bonds is 2. The zero-order valence-electron chi connectivity index (χ0n) is 5.81. The Hall–Kier alpha value is -0.250. The molecule has 0 aliphatic rings. The molecule has 0 aromatic heterocycles. The fourth-order valence-electron chi connectivity index (χ4n) is 0.474. The van der Waals surface area contributed by atoms with Crippen LogP contribution in [0.4, 0.5) is 13.2 Å². The third-order valence-corrected chi connectivity index (χ3v) is 0.903. The quantitative estimate of drug-likeness (QED) is 0.644. The molecule has 1 atom stereocenters. The number of aliphatic hydroxyl groups is 1. The van der Waals surface area contributed by atoms with Gasteiger partial charge in [0.15, 0.2) is 6.10 Å². The highest BCUT2D eigenvalue weighted by Crippen LogP contribution is 2.23. The summed E-state index contributed by atoms with van der Waals surface area (Å²) in [6.45, 7) is 3.16. The van der Waals surface area contributed by atoms with Crippen molar-refractivity contribution in [2.45, 2.75) is 26.1 Å². The molecule has 0 aliphatic heterocycles. The van der Waals surface area contributed by atoms with Crippen LogP contribution in [-0.4, -0.2) is 17.4 Å². The van der Waals surface area contributed by atoms with Crippen molar-refractivity contribution < 1.29 is 18.3 Å². The Bertz CT molecular complexity index is 97.7. The second-order valence-corrected chi connectivity index (χ2v) is 2.42. The third kappa shape index (κ3) is 3.71. The van der Waals surface area contributed by atoms with Crippen molar-refractivity contribution in [3.8, 4) is 0 Å². The molecule has 0 saturated heterocycles. The van der Waals surface area contributed by atoms with Gasteiger partial charge in [0.05, 0.1) is 0 Å². The van der Waals surface area contributed by atoms with Crippen LogP contribution < -0.4 is 0 Å². The highest BCUT2D eigenvalue weighted by Gasteiger charge is 2.38. The van der Waals surface area contributed by atoms with Gasteiger partial charge in [-0.25, -0.2) is 0 Å². The Morgan fingerprint density at radius 3 is 1.80 bits per heavy atom. The highest BCUT2D eigenvalue weighted by atomic mass is 19.4. The Morgan fingerprint density at radius 2 is 1.70 bits per heavy atom. The van der Waals surface area contributed by atoms with Crippen molar-refractivity contribution in [2.75, 3.05) is 0 Å². The van der Waals surface area contributed by atoms with Crippen molar-refractivity contribution in [3.05, 3.63) is 6.42 Å². The van der Waals surface area contributed by atoms with Crippen molar-refractivity contribution in [1.82, 2.24) is 0 Å². The van der Waals surface area contributed by atoms with Gasteiger partial charge in [-0.1, -0.05) is 13.8 Å². The lowest BCUT2D eigenvalue weighted by molar-refractivity contribution is -0.194. The van der Waals surface area contributed by atoms with Crippen LogP contribution in [0.3, 0.4) is 0 Å². The third-order valence-electron chi connectivity index (χ3n) is 0.903. The number of aliphatic hydroxyl groups excluding tert-OH is 1. The highest BCUT2D eigenvalue weighted by molar-refractivity contribution is 4.83. The summed E-state index contributed by atoms with van der Waals surface area (Å²) in [4.78, 5) is 0. The summed E-state index contributed by atoms with van der Waals surface area (Å²) in [7, 11) is 0. The minimum Gasteiger partial charge on any atom is -0.383 e. The van der Waals surface area contributed by atoms with E-state index in [-0.39, 0.29) is 5.92 Å². The van der Waals surface area contributed by atoms with Crippen LogP contribution in [0.5, 0.6) is 0 Å². The molecule has 1 N–H and O–H groups in total. The van der Waals surface area contributed by atoms with Crippen LogP contribution in [0.15, 0.2) is 0 Å². The summed E-state index contributed by atoms with van der Waals surface area (Å²) in [6, 6.07) is 0. The zero-order valence-corrected chi connectivity index (χ0v) is 5.81. The van der Waals surface area contributed by atoms with Gasteiger partial charge in [-0.05, 0) is 5.92 Å². The lowest BCUT2D eigenvalue weighted by atomic mass is 10.1. The maximum atomic E-state index is 11.5. The Labute approximate surface area is 57.9 Å². The number of hydrogen-bond acceptors (Lipinski definition) is 1. The first-order valence-electron chi connectivity index (χ1n) is 2.94. The molecule has 0 heterocycles. The Balaban J connectivity index is 3.73. The SMILES string of the molecule is CC(C)[CH]C(O)C(F)(F)F. The van der Waals surface area contributed by atoms with Crippen LogP contribution in [0.1, 0.15) is 13.8 Å². The van der Waals surface area contributed by atoms with Gasteiger partial charge >= 0.3 is 6.18 Å². The number of alkyl halides is 3. The second kappa shape index (κ2) is 3.23. The van der Waals surface area contributed by atoms with Crippen molar-refractivity contribution in [1.29, 1.82) is 0 Å². The van der Waals surface area contributed by atoms with Crippen molar-refractivity contribution >= 4 is 0 Å². The molecule has 4 heteroatoms. The summed E-state index contributed by atoms with van der Waals surface area (Å²) in [5.41, 5.74) is 0. The molecule has 1 nitrogen and oxygen atoms in total. The van der Waals surface area contributed by atoms with Crippen LogP contribution in [0.2, 0.25) is 0 Å². The average molecular weight is 155 g/mol. The molecule has 61 valence electrons. The summed E-state index contributed by atoms with van der Waals surface area (Å²) in [6.07, 6.45) is -5.95. The largest absolute Gasteiger partial charge is 0.414 e. The lowest BCUT2D eigenvalue weighted by Crippen LogP contribution is -2.30. The van der Waals surface area contributed by atoms with Gasteiger partial charge in [0.1, 0.15) is 0 Å². The molecule has 1 unspecified atom stereocenters. The average Bonchev–Trinajstić information content (AvgIpc) is 1.60. The molecular formula is C6H10F3O. The van der Waals surface area contributed by atoms with Gasteiger partial charge < -0.3 is 5.11 Å². The van der Waals surface area contributed by atoms with Gasteiger partial charge in [-0.15, -0.1) is 0 Å². The zero-order chi connectivity index (χ0) is 8.36. The standard InChI is InChI=1S/C6H10F3O/c1-4(2)3-5(10)6(7,8)9/h3-5,10H,1-2H3. The molecule has 0 aliphatic carbocycles. The van der Waals surface area contributed by atoms with E-state index < -0.39 is 12.3 Å². The minimum atomic E-state index is -4.51. The van der Waals surface area contributed by atoms with Crippen LogP contribution in [0, 0.1) is 12.3 Å². The fraction of sp³-hybridized carbons (Fsp3) is 0.833. The Morgan fingerprint density at radius 1 is 1.30 bits per heavy atom. The van der Waals surface area contributed by atoms with E-state index in [2.05, 4.69) is 0 Å². The van der Waals surface area contributed by atoms with E-state index in [1.54, 1.807) is 13.8 Å². The molecule has 0 bridgehead atoms. The minimum absolute atomic E-state index is 0.253. The monoisotopic (exact) mass is 155 g/mol. The van der Waals surface area contributed by atoms with E-state index in [1.165, 1.54) is 0 Å². The molecule has 0 aromatic carbocycles. The van der Waals surface area contributed by atoms with E-state index in [4.69, 9.17) is 5.11 Å². The summed E-state index contributed by atoms with van der Waals surface area (Å²) < 4.78 is 34.6. The van der Waals surface area contributed by atoms with E-state index in [1.807, 2.05) is 0 Å². The van der Waals surface area contributed by atoms with E-state index in [0.717, 1.165) is 6.42 Å².